The minimum absolute atomic E-state index is 0.425. The fraction of sp³-hybridized carbons (Fsp3) is 0.625. The molecule has 0 aromatic carbocycles. The molecule has 0 heterocycles. The second-order valence-corrected chi connectivity index (χ2v) is 7.13. The molecule has 0 aliphatic carbocycles. The number of hydrogen-bond donors (Lipinski definition) is 5. The first-order valence-electron chi connectivity index (χ1n) is 7.64. The summed E-state index contributed by atoms with van der Waals surface area (Å²) in [5.41, 5.74) is -16.3. The van der Waals surface area contributed by atoms with Gasteiger partial charge in [-0.25, -0.2) is 0 Å². The van der Waals surface area contributed by atoms with Gasteiger partial charge in [-0.15, -0.1) is 0 Å². The zero-order chi connectivity index (χ0) is 23.0. The number of hydrogen-bond acceptors (Lipinski definition) is 11. The normalized spacial score (nSPS) is 21.1. The zero-order valence-corrected chi connectivity index (χ0v) is 17.2. The molecular weight excluding hydrogens is 448 g/mol. The highest BCUT2D eigenvalue weighted by Gasteiger charge is 2.80. The van der Waals surface area contributed by atoms with E-state index in [9.17, 15) is 54.3 Å². The van der Waals surface area contributed by atoms with E-state index in [0.717, 1.165) is 0 Å². The Bertz CT molecular complexity index is 746. The van der Waals surface area contributed by atoms with Gasteiger partial charge in [-0.2, -0.15) is 0 Å². The smallest absolute Gasteiger partial charge is 0.240 e. The number of carbonyl (C=O) groups excluding carboxylic acids is 6. The minimum Gasteiger partial charge on any atom is -0.382 e. The number of rotatable bonds is 10. The predicted molar refractivity (Wildman–Crippen MR) is 93.1 cm³/mol. The number of aliphatic hydroxyl groups excluding tert-OH is 1. The average molecular weight is 469 g/mol. The van der Waals surface area contributed by atoms with Gasteiger partial charge in [0.2, 0.25) is 21.5 Å². The van der Waals surface area contributed by atoms with Crippen molar-refractivity contribution in [2.75, 3.05) is 0 Å². The van der Waals surface area contributed by atoms with Crippen molar-refractivity contribution in [1.29, 1.82) is 0 Å². The van der Waals surface area contributed by atoms with E-state index in [-0.39, 0.29) is 0 Å². The Balaban J connectivity index is 7.76. The summed E-state index contributed by atoms with van der Waals surface area (Å²) in [6, 6.07) is 0. The second kappa shape index (κ2) is 7.97. The van der Waals surface area contributed by atoms with Crippen LogP contribution in [0.4, 0.5) is 0 Å². The summed E-state index contributed by atoms with van der Waals surface area (Å²) in [7, 11) is 0. The molecule has 5 atom stereocenters. The number of Topliss-reactive ketones (excluding diaryl/α,β-unsaturated/α-hetero) is 5. The van der Waals surface area contributed by atoms with Gasteiger partial charge in [0, 0.05) is 0 Å². The van der Waals surface area contributed by atoms with Gasteiger partial charge in [-0.3, -0.25) is 28.8 Å². The van der Waals surface area contributed by atoms with Crippen molar-refractivity contribution in [1.82, 2.24) is 0 Å². The Morgan fingerprint density at radius 3 is 1.21 bits per heavy atom. The van der Waals surface area contributed by atoms with E-state index in [0.29, 0.717) is 34.6 Å². The number of ketones is 5. The van der Waals surface area contributed by atoms with Gasteiger partial charge in [0.05, 0.1) is 0 Å². The van der Waals surface area contributed by atoms with E-state index in [1.54, 1.807) is 0 Å². The second-order valence-electron chi connectivity index (χ2n) is 6.41. The highest BCUT2D eigenvalue weighted by Crippen LogP contribution is 2.45. The van der Waals surface area contributed by atoms with Crippen molar-refractivity contribution < 1.29 is 54.3 Å². The van der Waals surface area contributed by atoms with Crippen LogP contribution in [0.5, 0.6) is 0 Å². The fourth-order valence-corrected chi connectivity index (χ4v) is 3.61. The average Bonchev–Trinajstić information content (AvgIpc) is 2.56. The standard InChI is InChI=1S/C16H21BrO11/c1-6(18)11(23)13(25,7(2)19)15(27,9(4)21)16(28,10(5)22)14(26,8(3)20)12(17)24/h11,23,25-28H,1-5H3/t11?,13-,14+,15-,16-/m1/s1. The quantitative estimate of drug-likeness (QED) is 0.163. The van der Waals surface area contributed by atoms with E-state index in [1.165, 1.54) is 0 Å². The van der Waals surface area contributed by atoms with E-state index in [2.05, 4.69) is 15.9 Å². The van der Waals surface area contributed by atoms with Crippen molar-refractivity contribution in [3.63, 3.8) is 0 Å². The molecular formula is C16H21BrO11. The Hall–Kier alpha value is -1.70. The minimum atomic E-state index is -4.22. The maximum atomic E-state index is 12.3. The Kier molecular flexibility index (Phi) is 7.48. The molecule has 0 amide bonds. The van der Waals surface area contributed by atoms with Crippen LogP contribution < -0.4 is 0 Å². The lowest BCUT2D eigenvalue weighted by atomic mass is 9.57. The number of halogens is 1. The van der Waals surface area contributed by atoms with Crippen LogP contribution in [0.3, 0.4) is 0 Å². The van der Waals surface area contributed by atoms with Crippen molar-refractivity contribution in [3.8, 4) is 0 Å². The van der Waals surface area contributed by atoms with Gasteiger partial charge in [0.25, 0.3) is 0 Å². The summed E-state index contributed by atoms with van der Waals surface area (Å²) in [5.74, 6) is -8.39. The molecule has 0 saturated heterocycles. The maximum Gasteiger partial charge on any atom is 0.240 e. The lowest BCUT2D eigenvalue weighted by molar-refractivity contribution is -0.270. The van der Waals surface area contributed by atoms with Crippen LogP contribution in [0, 0.1) is 0 Å². The van der Waals surface area contributed by atoms with Crippen molar-refractivity contribution >= 4 is 49.5 Å². The SMILES string of the molecule is CC(=O)C(O)[C@](O)(C(C)=O)[C@](O)(C(C)=O)[C@@](O)(C(C)=O)[C@](O)(C(C)=O)C(=O)Br. The van der Waals surface area contributed by atoms with E-state index in [1.807, 2.05) is 0 Å². The molecule has 0 aromatic heterocycles. The van der Waals surface area contributed by atoms with E-state index in [4.69, 9.17) is 0 Å². The van der Waals surface area contributed by atoms with Gasteiger partial charge in [0.15, 0.2) is 40.6 Å². The summed E-state index contributed by atoms with van der Waals surface area (Å²) < 4.78 is -1.81. The lowest BCUT2D eigenvalue weighted by Crippen LogP contribution is -2.86. The molecule has 0 radical (unpaired) electrons. The summed E-state index contributed by atoms with van der Waals surface area (Å²) in [4.78, 5) is 72.3. The summed E-state index contributed by atoms with van der Waals surface area (Å²) >= 11 is 2.17. The first-order chi connectivity index (χ1) is 12.3. The molecule has 0 saturated carbocycles. The third-order valence-electron chi connectivity index (χ3n) is 4.73. The van der Waals surface area contributed by atoms with Gasteiger partial charge in [-0.05, 0) is 50.5 Å². The number of carbonyl (C=O) groups is 6. The Morgan fingerprint density at radius 2 is 1.04 bits per heavy atom. The van der Waals surface area contributed by atoms with Crippen LogP contribution in [0.15, 0.2) is 0 Å². The zero-order valence-electron chi connectivity index (χ0n) is 15.6. The first-order valence-corrected chi connectivity index (χ1v) is 8.44. The molecule has 0 fully saturated rings. The lowest BCUT2D eigenvalue weighted by Gasteiger charge is -2.53. The van der Waals surface area contributed by atoms with Crippen LogP contribution in [0.1, 0.15) is 34.6 Å². The maximum absolute atomic E-state index is 12.3. The van der Waals surface area contributed by atoms with Crippen LogP contribution in [-0.4, -0.2) is 87.6 Å². The molecule has 28 heavy (non-hydrogen) atoms. The van der Waals surface area contributed by atoms with E-state index < -0.39 is 62.1 Å². The van der Waals surface area contributed by atoms with Gasteiger partial charge < -0.3 is 25.5 Å². The van der Waals surface area contributed by atoms with Crippen LogP contribution in [-0.2, 0) is 28.8 Å². The highest BCUT2D eigenvalue weighted by atomic mass is 79.9. The molecule has 0 rings (SSSR count). The monoisotopic (exact) mass is 468 g/mol. The summed E-state index contributed by atoms with van der Waals surface area (Å²) in [5, 5.41) is 53.4. The predicted octanol–water partition coefficient (Wildman–Crippen LogP) is -2.86. The van der Waals surface area contributed by atoms with Crippen molar-refractivity contribution in [2.45, 2.75) is 63.1 Å². The van der Waals surface area contributed by atoms with Gasteiger partial charge in [0.1, 0.15) is 0 Å². The summed E-state index contributed by atoms with van der Waals surface area (Å²) in [6.45, 7) is 2.48. The first kappa shape index (κ1) is 26.3. The van der Waals surface area contributed by atoms with Gasteiger partial charge in [-0.1, -0.05) is 0 Å². The largest absolute Gasteiger partial charge is 0.382 e. The third-order valence-corrected chi connectivity index (χ3v) is 5.30. The van der Waals surface area contributed by atoms with Crippen molar-refractivity contribution in [3.05, 3.63) is 0 Å². The summed E-state index contributed by atoms with van der Waals surface area (Å²) in [6.07, 6.45) is -2.90. The Morgan fingerprint density at radius 1 is 0.679 bits per heavy atom. The topological polar surface area (TPSA) is 204 Å². The highest BCUT2D eigenvalue weighted by molar-refractivity contribution is 9.18. The molecule has 0 aliphatic heterocycles. The molecule has 0 spiro atoms. The van der Waals surface area contributed by atoms with Gasteiger partial charge >= 0.3 is 0 Å². The number of aliphatic hydroxyl groups is 5. The van der Waals surface area contributed by atoms with Crippen LogP contribution in [0.25, 0.3) is 0 Å². The van der Waals surface area contributed by atoms with Crippen LogP contribution in [0.2, 0.25) is 0 Å². The Labute approximate surface area is 167 Å². The van der Waals surface area contributed by atoms with Crippen molar-refractivity contribution in [2.24, 2.45) is 0 Å². The molecule has 0 aliphatic rings. The van der Waals surface area contributed by atoms with E-state index >= 15 is 0 Å². The molecule has 11 nitrogen and oxygen atoms in total. The molecule has 1 unspecified atom stereocenters. The van der Waals surface area contributed by atoms with Crippen LogP contribution >= 0.6 is 15.9 Å². The molecule has 0 aromatic rings. The third kappa shape index (κ3) is 3.09. The molecule has 12 heteroatoms. The molecule has 0 bridgehead atoms. The fourth-order valence-electron chi connectivity index (χ4n) is 3.04. The molecule has 158 valence electrons. The molecule has 5 N–H and O–H groups in total.